The molecule has 0 spiro atoms. The third-order valence-corrected chi connectivity index (χ3v) is 8.95. The number of furan rings is 2. The molecule has 6 nitrogen and oxygen atoms in total. The van der Waals surface area contributed by atoms with Crippen LogP contribution in [-0.4, -0.2) is 13.4 Å². The van der Waals surface area contributed by atoms with E-state index in [0.717, 1.165) is 101 Å². The van der Waals surface area contributed by atoms with Crippen LogP contribution in [0.3, 0.4) is 0 Å². The van der Waals surface area contributed by atoms with Crippen LogP contribution < -0.4 is 52.1 Å². The van der Waals surface area contributed by atoms with E-state index in [-0.39, 0.29) is 13.4 Å². The minimum atomic E-state index is -0.286. The molecule has 11 rings (SSSR count). The maximum atomic E-state index is 6.83. The van der Waals surface area contributed by atoms with Crippen molar-refractivity contribution in [3.05, 3.63) is 97.1 Å². The summed E-state index contributed by atoms with van der Waals surface area (Å²) in [5.74, 6) is 5.97. The first kappa shape index (κ1) is 21.3. The van der Waals surface area contributed by atoms with Gasteiger partial charge in [-0.25, -0.2) is 0 Å². The molecule has 0 aliphatic carbocycles. The van der Waals surface area contributed by atoms with Gasteiger partial charge in [-0.2, -0.15) is 0 Å². The van der Waals surface area contributed by atoms with Gasteiger partial charge in [0.1, 0.15) is 57.0 Å². The molecule has 4 aliphatic heterocycles. The van der Waals surface area contributed by atoms with Gasteiger partial charge in [-0.15, -0.1) is 0 Å². The molecule has 6 heterocycles. The molecule has 0 atom stereocenters. The summed E-state index contributed by atoms with van der Waals surface area (Å²) in [5.41, 5.74) is 6.89. The molecule has 8 heteroatoms. The normalized spacial score (nSPS) is 14.4. The lowest BCUT2D eigenvalue weighted by atomic mass is 9.33. The number of hydrogen-bond donors (Lipinski definition) is 0. The van der Waals surface area contributed by atoms with Crippen molar-refractivity contribution >= 4 is 68.5 Å². The van der Waals surface area contributed by atoms with Crippen molar-refractivity contribution in [2.75, 3.05) is 0 Å². The highest BCUT2D eigenvalue weighted by Gasteiger charge is 2.50. The summed E-state index contributed by atoms with van der Waals surface area (Å²) in [5, 5.41) is 1.89. The van der Waals surface area contributed by atoms with E-state index in [4.69, 9.17) is 27.8 Å². The smallest absolute Gasteiger partial charge is 0.310 e. The molecule has 0 saturated heterocycles. The van der Waals surface area contributed by atoms with Gasteiger partial charge in [0.05, 0.1) is 10.8 Å². The quantitative estimate of drug-likeness (QED) is 0.261. The topological polar surface area (TPSA) is 63.2 Å². The molecule has 0 N–H and O–H groups in total. The van der Waals surface area contributed by atoms with Crippen LogP contribution in [0, 0.1) is 0 Å². The Morgan fingerprint density at radius 2 is 0.881 bits per heavy atom. The Hall–Kier alpha value is -5.49. The Bertz CT molecular complexity index is 2350. The molecule has 0 amide bonds. The number of benzene rings is 5. The standard InChI is InChI=1S/C34H16B2O6/c1-3-9-20-17(7-1)30-33(41-20)35-19-15-16-26-29(32(19)40-24-13-6-12-23(38-30)27(24)35)36-28-22(37-26)11-5-14-25(28)39-31-18-8-2-4-10-21(18)42-34(31)36/h1-16H. The lowest BCUT2D eigenvalue weighted by molar-refractivity contribution is 0.450. The van der Waals surface area contributed by atoms with Crippen molar-refractivity contribution in [3.8, 4) is 46.0 Å². The molecule has 7 aromatic rings. The van der Waals surface area contributed by atoms with Crippen molar-refractivity contribution in [2.24, 2.45) is 0 Å². The lowest BCUT2D eigenvalue weighted by Gasteiger charge is -2.35. The molecule has 0 unspecified atom stereocenters. The molecule has 4 aliphatic rings. The van der Waals surface area contributed by atoms with E-state index in [1.807, 2.05) is 91.0 Å². The number of rotatable bonds is 0. The van der Waals surface area contributed by atoms with Crippen LogP contribution in [0.25, 0.3) is 21.9 Å². The number of ether oxygens (including phenoxy) is 4. The number of fused-ring (bicyclic) bond motifs is 13. The predicted octanol–water partition coefficient (Wildman–Crippen LogP) is 4.63. The van der Waals surface area contributed by atoms with E-state index >= 15 is 0 Å². The molecule has 0 radical (unpaired) electrons. The Labute approximate surface area is 239 Å². The van der Waals surface area contributed by atoms with E-state index in [1.165, 1.54) is 0 Å². The minimum absolute atomic E-state index is 0.215. The van der Waals surface area contributed by atoms with Crippen LogP contribution >= 0.6 is 0 Å². The van der Waals surface area contributed by atoms with Crippen molar-refractivity contribution in [1.82, 2.24) is 0 Å². The summed E-state index contributed by atoms with van der Waals surface area (Å²) in [6, 6.07) is 32.0. The summed E-state index contributed by atoms with van der Waals surface area (Å²) in [6.07, 6.45) is 0. The molecule has 2 aromatic heterocycles. The summed E-state index contributed by atoms with van der Waals surface area (Å²) in [7, 11) is 0. The maximum absolute atomic E-state index is 6.83. The van der Waals surface area contributed by atoms with E-state index in [1.54, 1.807) is 0 Å². The second kappa shape index (κ2) is 7.22. The summed E-state index contributed by atoms with van der Waals surface area (Å²) >= 11 is 0. The van der Waals surface area contributed by atoms with Gasteiger partial charge in [-0.3, -0.25) is 0 Å². The Morgan fingerprint density at radius 1 is 0.381 bits per heavy atom. The second-order valence-electron chi connectivity index (χ2n) is 11.1. The van der Waals surface area contributed by atoms with Crippen LogP contribution in [0.5, 0.6) is 46.0 Å². The Morgan fingerprint density at radius 3 is 1.52 bits per heavy atom. The van der Waals surface area contributed by atoms with E-state index in [0.29, 0.717) is 0 Å². The lowest BCUT2D eigenvalue weighted by Crippen LogP contribution is -2.62. The molecule has 194 valence electrons. The largest absolute Gasteiger partial charge is 0.466 e. The van der Waals surface area contributed by atoms with Crippen molar-refractivity contribution in [3.63, 3.8) is 0 Å². The van der Waals surface area contributed by atoms with Crippen LogP contribution in [0.2, 0.25) is 0 Å². The van der Waals surface area contributed by atoms with Crippen LogP contribution in [0.1, 0.15) is 0 Å². The summed E-state index contributed by atoms with van der Waals surface area (Å²) in [6.45, 7) is -0.501. The van der Waals surface area contributed by atoms with Gasteiger partial charge >= 0.3 is 13.4 Å². The molecule has 42 heavy (non-hydrogen) atoms. The van der Waals surface area contributed by atoms with Gasteiger partial charge in [0.2, 0.25) is 0 Å². The number of para-hydroxylation sites is 2. The first-order chi connectivity index (χ1) is 20.8. The highest BCUT2D eigenvalue weighted by molar-refractivity contribution is 7.01. The predicted molar refractivity (Wildman–Crippen MR) is 161 cm³/mol. The zero-order chi connectivity index (χ0) is 27.1. The van der Waals surface area contributed by atoms with Gasteiger partial charge in [0.15, 0.2) is 11.5 Å². The minimum Gasteiger partial charge on any atom is -0.466 e. The fourth-order valence-electron chi connectivity index (χ4n) is 7.23. The van der Waals surface area contributed by atoms with Gasteiger partial charge in [0.25, 0.3) is 0 Å². The van der Waals surface area contributed by atoms with Crippen LogP contribution in [0.15, 0.2) is 106 Å². The fraction of sp³-hybridized carbons (Fsp3) is 0. The first-order valence-corrected chi connectivity index (χ1v) is 14.0. The SMILES string of the molecule is c1cc2c3c(c1)Oc1c(oc4ccccc14)B3c1ccc3c(c1O2)B1c2oc4ccccc4c2Oc2cccc(c21)O3. The molecular formula is C34H16B2O6. The van der Waals surface area contributed by atoms with Gasteiger partial charge < -0.3 is 27.8 Å². The van der Waals surface area contributed by atoms with Crippen molar-refractivity contribution < 1.29 is 27.8 Å². The maximum Gasteiger partial charge on any atom is 0.310 e. The van der Waals surface area contributed by atoms with Gasteiger partial charge in [0, 0.05) is 16.4 Å². The molecule has 0 fully saturated rings. The third-order valence-electron chi connectivity index (χ3n) is 8.95. The van der Waals surface area contributed by atoms with Gasteiger partial charge in [-0.1, -0.05) is 42.5 Å². The van der Waals surface area contributed by atoms with E-state index in [9.17, 15) is 0 Å². The van der Waals surface area contributed by atoms with Gasteiger partial charge in [-0.05, 0) is 60.1 Å². The monoisotopic (exact) mass is 542 g/mol. The average molecular weight is 542 g/mol. The van der Waals surface area contributed by atoms with Crippen LogP contribution in [0.4, 0.5) is 0 Å². The Balaban J connectivity index is 1.22. The summed E-state index contributed by atoms with van der Waals surface area (Å²) < 4.78 is 39.4. The molecule has 0 bridgehead atoms. The first-order valence-electron chi connectivity index (χ1n) is 14.0. The Kier molecular flexibility index (Phi) is 3.66. The average Bonchev–Trinajstić information content (AvgIpc) is 3.59. The number of hydrogen-bond acceptors (Lipinski definition) is 6. The van der Waals surface area contributed by atoms with E-state index < -0.39 is 0 Å². The van der Waals surface area contributed by atoms with Crippen LogP contribution in [-0.2, 0) is 0 Å². The molecule has 5 aromatic carbocycles. The van der Waals surface area contributed by atoms with Crippen molar-refractivity contribution in [1.29, 1.82) is 0 Å². The third kappa shape index (κ3) is 2.46. The summed E-state index contributed by atoms with van der Waals surface area (Å²) in [4.78, 5) is 0. The second-order valence-corrected chi connectivity index (χ2v) is 11.1. The zero-order valence-electron chi connectivity index (χ0n) is 21.8. The highest BCUT2D eigenvalue weighted by atomic mass is 16.5. The molecular weight excluding hydrogens is 526 g/mol. The zero-order valence-corrected chi connectivity index (χ0v) is 21.8. The van der Waals surface area contributed by atoms with E-state index in [2.05, 4.69) is 6.07 Å². The van der Waals surface area contributed by atoms with Crippen molar-refractivity contribution in [2.45, 2.75) is 0 Å². The fourth-order valence-corrected chi connectivity index (χ4v) is 7.23. The highest BCUT2D eigenvalue weighted by Crippen LogP contribution is 2.42. The molecule has 0 saturated carbocycles.